The predicted octanol–water partition coefficient (Wildman–Crippen LogP) is 5.27. The fourth-order valence-electron chi connectivity index (χ4n) is 3.58. The second-order valence-corrected chi connectivity index (χ2v) is 7.27. The summed E-state index contributed by atoms with van der Waals surface area (Å²) in [6.07, 6.45) is 4.02. The van der Waals surface area contributed by atoms with Crippen molar-refractivity contribution >= 4 is 11.6 Å². The van der Waals surface area contributed by atoms with Crippen LogP contribution in [0.25, 0.3) is 0 Å². The Bertz CT molecular complexity index is 1060. The third-order valence-corrected chi connectivity index (χ3v) is 5.17. The van der Waals surface area contributed by atoms with Crippen LogP contribution in [0.4, 0.5) is 4.39 Å². The number of benzene rings is 3. The number of carbonyl (C=O) groups excluding carboxylic acids is 1. The first kappa shape index (κ1) is 19.8. The Kier molecular flexibility index (Phi) is 6.18. The summed E-state index contributed by atoms with van der Waals surface area (Å²) in [6.45, 7) is 0.243. The first-order chi connectivity index (χ1) is 14.7. The van der Waals surface area contributed by atoms with Gasteiger partial charge in [0.05, 0.1) is 11.3 Å². The molecule has 1 N–H and O–H groups in total. The first-order valence-electron chi connectivity index (χ1n) is 10.1. The molecule has 5 heteroatoms. The van der Waals surface area contributed by atoms with Crippen LogP contribution in [0.3, 0.4) is 0 Å². The normalized spacial score (nSPS) is 14.6. The van der Waals surface area contributed by atoms with Crippen molar-refractivity contribution < 1.29 is 13.9 Å². The number of aryl methyl sites for hydroxylation is 1. The Hall–Kier alpha value is -3.47. The summed E-state index contributed by atoms with van der Waals surface area (Å²) in [5.41, 5.74) is 7.21. The van der Waals surface area contributed by atoms with Crippen LogP contribution in [0.15, 0.2) is 77.9 Å². The van der Waals surface area contributed by atoms with Crippen LogP contribution in [0.2, 0.25) is 0 Å². The molecule has 3 aromatic carbocycles. The number of rotatable bonds is 5. The van der Waals surface area contributed by atoms with Crippen LogP contribution in [-0.2, 0) is 13.0 Å². The molecule has 4 nitrogen and oxygen atoms in total. The molecule has 30 heavy (non-hydrogen) atoms. The van der Waals surface area contributed by atoms with Crippen molar-refractivity contribution in [3.8, 4) is 5.75 Å². The molecule has 152 valence electrons. The SMILES string of the molecule is O=C(NN=C1CCCCc2ccccc21)c1ccccc1OCc1ccc(F)cc1. The zero-order valence-electron chi connectivity index (χ0n) is 16.6. The Morgan fingerprint density at radius 3 is 2.53 bits per heavy atom. The summed E-state index contributed by atoms with van der Waals surface area (Å²) >= 11 is 0. The van der Waals surface area contributed by atoms with E-state index in [-0.39, 0.29) is 18.3 Å². The summed E-state index contributed by atoms with van der Waals surface area (Å²) in [5, 5.41) is 4.45. The lowest BCUT2D eigenvalue weighted by Crippen LogP contribution is -2.21. The third kappa shape index (κ3) is 4.74. The van der Waals surface area contributed by atoms with Crippen molar-refractivity contribution in [2.75, 3.05) is 0 Å². The zero-order valence-corrected chi connectivity index (χ0v) is 16.6. The lowest BCUT2D eigenvalue weighted by molar-refractivity contribution is 0.0950. The van der Waals surface area contributed by atoms with Gasteiger partial charge in [0, 0.05) is 5.56 Å². The zero-order chi connectivity index (χ0) is 20.8. The van der Waals surface area contributed by atoms with Crippen molar-refractivity contribution in [2.24, 2.45) is 5.10 Å². The monoisotopic (exact) mass is 402 g/mol. The molecule has 1 aliphatic carbocycles. The van der Waals surface area contributed by atoms with Gasteiger partial charge in [0.2, 0.25) is 0 Å². The molecule has 1 aliphatic rings. The van der Waals surface area contributed by atoms with E-state index in [9.17, 15) is 9.18 Å². The highest BCUT2D eigenvalue weighted by Crippen LogP contribution is 2.22. The van der Waals surface area contributed by atoms with Gasteiger partial charge in [-0.3, -0.25) is 4.79 Å². The van der Waals surface area contributed by atoms with Crippen molar-refractivity contribution in [3.63, 3.8) is 0 Å². The minimum atomic E-state index is -0.320. The van der Waals surface area contributed by atoms with Crippen molar-refractivity contribution in [3.05, 3.63) is 101 Å². The van der Waals surface area contributed by atoms with E-state index in [2.05, 4.69) is 22.7 Å². The Morgan fingerprint density at radius 1 is 0.933 bits per heavy atom. The molecule has 4 rings (SSSR count). The van der Waals surface area contributed by atoms with E-state index in [0.29, 0.717) is 11.3 Å². The van der Waals surface area contributed by atoms with Crippen molar-refractivity contribution in [1.82, 2.24) is 5.43 Å². The van der Waals surface area contributed by atoms with E-state index in [1.165, 1.54) is 17.7 Å². The van der Waals surface area contributed by atoms with Gasteiger partial charge >= 0.3 is 0 Å². The molecular weight excluding hydrogens is 379 g/mol. The van der Waals surface area contributed by atoms with Crippen LogP contribution in [0, 0.1) is 5.82 Å². The number of halogens is 1. The average Bonchev–Trinajstić information content (AvgIpc) is 2.99. The largest absolute Gasteiger partial charge is 0.488 e. The number of nitrogens with one attached hydrogen (secondary N) is 1. The number of nitrogens with zero attached hydrogens (tertiary/aromatic N) is 1. The number of carbonyl (C=O) groups is 1. The molecule has 0 bridgehead atoms. The van der Waals surface area contributed by atoms with E-state index < -0.39 is 0 Å². The number of para-hydroxylation sites is 1. The van der Waals surface area contributed by atoms with Gasteiger partial charge in [-0.1, -0.05) is 48.5 Å². The Labute approximate surface area is 175 Å². The van der Waals surface area contributed by atoms with Crippen LogP contribution in [0.5, 0.6) is 5.75 Å². The van der Waals surface area contributed by atoms with E-state index in [1.54, 1.807) is 30.3 Å². The number of hydrazone groups is 1. The van der Waals surface area contributed by atoms with Crippen LogP contribution < -0.4 is 10.2 Å². The number of amides is 1. The minimum Gasteiger partial charge on any atom is -0.488 e. The fourth-order valence-corrected chi connectivity index (χ4v) is 3.58. The highest BCUT2D eigenvalue weighted by Gasteiger charge is 2.16. The quantitative estimate of drug-likeness (QED) is 0.467. The maximum Gasteiger partial charge on any atom is 0.275 e. The van der Waals surface area contributed by atoms with E-state index >= 15 is 0 Å². The van der Waals surface area contributed by atoms with Crippen LogP contribution >= 0.6 is 0 Å². The van der Waals surface area contributed by atoms with E-state index in [4.69, 9.17) is 4.74 Å². The molecule has 3 aromatic rings. The molecule has 0 fully saturated rings. The summed E-state index contributed by atoms with van der Waals surface area (Å²) in [6, 6.07) is 21.4. The molecule has 0 heterocycles. The summed E-state index contributed by atoms with van der Waals surface area (Å²) in [4.78, 5) is 12.8. The van der Waals surface area contributed by atoms with Gasteiger partial charge in [-0.25, -0.2) is 9.82 Å². The van der Waals surface area contributed by atoms with Crippen LogP contribution in [-0.4, -0.2) is 11.6 Å². The molecule has 1 amide bonds. The minimum absolute atomic E-state index is 0.243. The van der Waals surface area contributed by atoms with Crippen molar-refractivity contribution in [1.29, 1.82) is 0 Å². The average molecular weight is 402 g/mol. The second-order valence-electron chi connectivity index (χ2n) is 7.27. The third-order valence-electron chi connectivity index (χ3n) is 5.17. The van der Waals surface area contributed by atoms with Gasteiger partial charge in [-0.05, 0) is 61.1 Å². The van der Waals surface area contributed by atoms with Gasteiger partial charge in [0.1, 0.15) is 18.2 Å². The smallest absolute Gasteiger partial charge is 0.275 e. The maximum atomic E-state index is 13.1. The molecule has 0 saturated heterocycles. The molecule has 0 unspecified atom stereocenters. The molecule has 0 aliphatic heterocycles. The summed E-state index contributed by atoms with van der Waals surface area (Å²) in [5.74, 6) is -0.155. The number of ether oxygens (including phenoxy) is 1. The van der Waals surface area contributed by atoms with Crippen LogP contribution in [0.1, 0.15) is 46.3 Å². The fraction of sp³-hybridized carbons (Fsp3) is 0.200. The number of hydrogen-bond acceptors (Lipinski definition) is 3. The predicted molar refractivity (Wildman–Crippen MR) is 115 cm³/mol. The topological polar surface area (TPSA) is 50.7 Å². The molecule has 0 saturated carbocycles. The molecule has 0 radical (unpaired) electrons. The van der Waals surface area contributed by atoms with E-state index in [0.717, 1.165) is 42.5 Å². The molecule has 0 atom stereocenters. The lowest BCUT2D eigenvalue weighted by atomic mass is 10.0. The van der Waals surface area contributed by atoms with E-state index in [1.807, 2.05) is 18.2 Å². The van der Waals surface area contributed by atoms with Gasteiger partial charge in [0.25, 0.3) is 5.91 Å². The Balaban J connectivity index is 1.49. The Morgan fingerprint density at radius 2 is 1.67 bits per heavy atom. The lowest BCUT2D eigenvalue weighted by Gasteiger charge is -2.11. The standard InChI is InChI=1S/C25H23FN2O2/c26-20-15-13-18(14-16-20)17-30-24-12-6-4-10-22(24)25(29)28-27-23-11-5-2-8-19-7-1-3-9-21(19)23/h1,3-4,6-7,9-10,12-16H,2,5,8,11,17H2,(H,28,29). The highest BCUT2D eigenvalue weighted by atomic mass is 19.1. The van der Waals surface area contributed by atoms with Crippen molar-refractivity contribution in [2.45, 2.75) is 32.3 Å². The number of hydrogen-bond donors (Lipinski definition) is 1. The maximum absolute atomic E-state index is 13.1. The number of fused-ring (bicyclic) bond motifs is 1. The van der Waals surface area contributed by atoms with Gasteiger partial charge < -0.3 is 4.74 Å². The van der Waals surface area contributed by atoms with Gasteiger partial charge in [-0.2, -0.15) is 5.10 Å². The molecule has 0 spiro atoms. The molecular formula is C25H23FN2O2. The summed E-state index contributed by atoms with van der Waals surface area (Å²) < 4.78 is 18.9. The van der Waals surface area contributed by atoms with Gasteiger partial charge in [-0.15, -0.1) is 0 Å². The first-order valence-corrected chi connectivity index (χ1v) is 10.1. The van der Waals surface area contributed by atoms with Gasteiger partial charge in [0.15, 0.2) is 0 Å². The molecule has 0 aromatic heterocycles. The second kappa shape index (κ2) is 9.35. The summed E-state index contributed by atoms with van der Waals surface area (Å²) in [7, 11) is 0. The highest BCUT2D eigenvalue weighted by molar-refractivity contribution is 6.04.